The Labute approximate surface area is 151 Å². The summed E-state index contributed by atoms with van der Waals surface area (Å²) >= 11 is 0. The van der Waals surface area contributed by atoms with Crippen molar-refractivity contribution in [1.82, 2.24) is 9.55 Å². The van der Waals surface area contributed by atoms with Crippen molar-refractivity contribution in [3.05, 3.63) is 82.9 Å². The summed E-state index contributed by atoms with van der Waals surface area (Å²) in [6.45, 7) is 2.01. The van der Waals surface area contributed by atoms with Crippen LogP contribution >= 0.6 is 0 Å². The molecule has 5 nitrogen and oxygen atoms in total. The van der Waals surface area contributed by atoms with Gasteiger partial charge in [0.05, 0.1) is 12.0 Å². The minimum absolute atomic E-state index is 0.0143. The molecule has 26 heavy (non-hydrogen) atoms. The molecule has 130 valence electrons. The van der Waals surface area contributed by atoms with E-state index in [4.69, 9.17) is 0 Å². The molecular weight excluding hydrogens is 326 g/mol. The van der Waals surface area contributed by atoms with Crippen molar-refractivity contribution in [2.75, 3.05) is 4.90 Å². The van der Waals surface area contributed by atoms with Gasteiger partial charge in [-0.1, -0.05) is 48.5 Å². The lowest BCUT2D eigenvalue weighted by molar-refractivity contribution is -0.119. The number of amides is 1. The van der Waals surface area contributed by atoms with E-state index in [1.54, 1.807) is 4.90 Å². The topological polar surface area (TPSA) is 55.2 Å². The molecule has 5 heteroatoms. The Kier molecular flexibility index (Phi) is 4.13. The predicted octanol–water partition coefficient (Wildman–Crippen LogP) is 2.89. The Hall–Kier alpha value is -3.21. The zero-order chi connectivity index (χ0) is 18.1. The number of hydrogen-bond donors (Lipinski definition) is 0. The summed E-state index contributed by atoms with van der Waals surface area (Å²) in [5.41, 5.74) is 3.36. The molecule has 1 amide bonds. The van der Waals surface area contributed by atoms with Crippen LogP contribution in [0.25, 0.3) is 11.3 Å². The minimum Gasteiger partial charge on any atom is -0.307 e. The summed E-state index contributed by atoms with van der Waals surface area (Å²) < 4.78 is 1.36. The van der Waals surface area contributed by atoms with E-state index in [1.165, 1.54) is 22.5 Å². The van der Waals surface area contributed by atoms with Gasteiger partial charge in [-0.15, -0.1) is 0 Å². The smallest absolute Gasteiger partial charge is 0.254 e. The third kappa shape index (κ3) is 2.92. The van der Waals surface area contributed by atoms with Crippen molar-refractivity contribution in [2.45, 2.75) is 25.9 Å². The van der Waals surface area contributed by atoms with Crippen LogP contribution in [0.1, 0.15) is 12.5 Å². The van der Waals surface area contributed by atoms with Crippen molar-refractivity contribution in [3.63, 3.8) is 0 Å². The minimum atomic E-state index is -0.229. The molecule has 0 radical (unpaired) electrons. The summed E-state index contributed by atoms with van der Waals surface area (Å²) in [4.78, 5) is 31.4. The van der Waals surface area contributed by atoms with Crippen LogP contribution in [0.4, 0.5) is 5.69 Å². The third-order valence-corrected chi connectivity index (χ3v) is 4.73. The number of carbonyl (C=O) groups is 1. The highest BCUT2D eigenvalue weighted by Crippen LogP contribution is 2.31. The molecule has 1 atom stereocenters. The molecular formula is C21H19N3O2. The van der Waals surface area contributed by atoms with Gasteiger partial charge in [0, 0.05) is 23.4 Å². The number of fused-ring (bicyclic) bond motifs is 1. The van der Waals surface area contributed by atoms with Gasteiger partial charge in [0.25, 0.3) is 5.56 Å². The van der Waals surface area contributed by atoms with Crippen LogP contribution in [0.3, 0.4) is 0 Å². The zero-order valence-corrected chi connectivity index (χ0v) is 14.5. The van der Waals surface area contributed by atoms with Gasteiger partial charge in [-0.3, -0.25) is 14.2 Å². The van der Waals surface area contributed by atoms with Crippen LogP contribution in [0.5, 0.6) is 0 Å². The molecule has 4 rings (SSSR count). The fourth-order valence-electron chi connectivity index (χ4n) is 3.48. The first kappa shape index (κ1) is 16.3. The van der Waals surface area contributed by atoms with Gasteiger partial charge in [-0.2, -0.15) is 0 Å². The molecule has 2 heterocycles. The van der Waals surface area contributed by atoms with E-state index in [0.717, 1.165) is 17.7 Å². The maximum atomic E-state index is 12.8. The van der Waals surface area contributed by atoms with Crippen molar-refractivity contribution in [1.29, 1.82) is 0 Å². The van der Waals surface area contributed by atoms with Crippen LogP contribution in [0.15, 0.2) is 71.8 Å². The number of anilines is 1. The monoisotopic (exact) mass is 345 g/mol. The molecule has 0 saturated carbocycles. The van der Waals surface area contributed by atoms with Gasteiger partial charge in [0.2, 0.25) is 5.91 Å². The molecule has 3 aromatic rings. The van der Waals surface area contributed by atoms with Gasteiger partial charge in [0.1, 0.15) is 6.54 Å². The first-order valence-electron chi connectivity index (χ1n) is 8.65. The maximum absolute atomic E-state index is 12.8. The summed E-state index contributed by atoms with van der Waals surface area (Å²) in [7, 11) is 0. The van der Waals surface area contributed by atoms with Gasteiger partial charge in [-0.25, -0.2) is 4.98 Å². The molecule has 1 aliphatic heterocycles. The van der Waals surface area contributed by atoms with Gasteiger partial charge < -0.3 is 4.90 Å². The normalized spacial score (nSPS) is 15.7. The summed E-state index contributed by atoms with van der Waals surface area (Å²) in [6.07, 6.45) is 2.29. The highest BCUT2D eigenvalue weighted by Gasteiger charge is 2.30. The summed E-state index contributed by atoms with van der Waals surface area (Å²) in [5.74, 6) is -0.0983. The average Bonchev–Trinajstić information content (AvgIpc) is 3.00. The van der Waals surface area contributed by atoms with E-state index >= 15 is 0 Å². The van der Waals surface area contributed by atoms with E-state index in [0.29, 0.717) is 5.69 Å². The lowest BCUT2D eigenvalue weighted by Gasteiger charge is -2.23. The molecule has 0 unspecified atom stereocenters. The summed E-state index contributed by atoms with van der Waals surface area (Å²) in [6, 6.07) is 19.0. The van der Waals surface area contributed by atoms with Crippen LogP contribution in [0.2, 0.25) is 0 Å². The number of rotatable bonds is 3. The number of para-hydroxylation sites is 1. The van der Waals surface area contributed by atoms with Crippen LogP contribution in [-0.4, -0.2) is 21.5 Å². The molecule has 2 aromatic carbocycles. The Morgan fingerprint density at radius 3 is 2.62 bits per heavy atom. The number of nitrogens with zero attached hydrogens (tertiary/aromatic N) is 3. The van der Waals surface area contributed by atoms with Gasteiger partial charge in [-0.05, 0) is 25.0 Å². The standard InChI is InChI=1S/C21H19N3O2/c1-15-11-17-9-5-6-10-19(17)24(15)21(26)13-23-14-22-18(12-20(23)25)16-7-3-2-4-8-16/h2-10,12,14-15H,11,13H2,1H3/t15-/m1/s1. The lowest BCUT2D eigenvalue weighted by atomic mass is 10.1. The second-order valence-electron chi connectivity index (χ2n) is 6.55. The molecule has 0 N–H and O–H groups in total. The molecule has 0 bridgehead atoms. The Balaban J connectivity index is 1.58. The fourth-order valence-corrected chi connectivity index (χ4v) is 3.48. The summed E-state index contributed by atoms with van der Waals surface area (Å²) in [5, 5.41) is 0. The van der Waals surface area contributed by atoms with Gasteiger partial charge >= 0.3 is 0 Å². The Bertz CT molecular complexity index is 1010. The zero-order valence-electron chi connectivity index (χ0n) is 14.5. The molecule has 0 aliphatic carbocycles. The van der Waals surface area contributed by atoms with E-state index < -0.39 is 0 Å². The molecule has 1 aromatic heterocycles. The SMILES string of the molecule is C[C@@H]1Cc2ccccc2N1C(=O)Cn1cnc(-c2ccccc2)cc1=O. The van der Waals surface area contributed by atoms with Crippen LogP contribution in [0, 0.1) is 0 Å². The number of aromatic nitrogens is 2. The van der Waals surface area contributed by atoms with Gasteiger partial charge in [0.15, 0.2) is 0 Å². The molecule has 0 saturated heterocycles. The van der Waals surface area contributed by atoms with Crippen molar-refractivity contribution < 1.29 is 4.79 Å². The maximum Gasteiger partial charge on any atom is 0.254 e. The molecule has 0 fully saturated rings. The molecule has 0 spiro atoms. The van der Waals surface area contributed by atoms with Crippen LogP contribution < -0.4 is 10.5 Å². The Morgan fingerprint density at radius 1 is 1.12 bits per heavy atom. The number of benzene rings is 2. The van der Waals surface area contributed by atoms with E-state index in [2.05, 4.69) is 4.98 Å². The second kappa shape index (κ2) is 6.59. The molecule has 1 aliphatic rings. The fraction of sp³-hybridized carbons (Fsp3) is 0.190. The second-order valence-corrected chi connectivity index (χ2v) is 6.55. The average molecular weight is 345 g/mol. The van der Waals surface area contributed by atoms with Crippen molar-refractivity contribution in [2.24, 2.45) is 0 Å². The predicted molar refractivity (Wildman–Crippen MR) is 101 cm³/mol. The Morgan fingerprint density at radius 2 is 1.85 bits per heavy atom. The van der Waals surface area contributed by atoms with Crippen molar-refractivity contribution >= 4 is 11.6 Å². The highest BCUT2D eigenvalue weighted by atomic mass is 16.2. The lowest BCUT2D eigenvalue weighted by Crippen LogP contribution is -2.39. The largest absolute Gasteiger partial charge is 0.307 e. The van der Waals surface area contributed by atoms with Crippen molar-refractivity contribution in [3.8, 4) is 11.3 Å². The van der Waals surface area contributed by atoms with E-state index in [9.17, 15) is 9.59 Å². The first-order valence-corrected chi connectivity index (χ1v) is 8.65. The third-order valence-electron chi connectivity index (χ3n) is 4.73. The van der Waals surface area contributed by atoms with Crippen LogP contribution in [-0.2, 0) is 17.8 Å². The first-order chi connectivity index (χ1) is 12.6. The highest BCUT2D eigenvalue weighted by molar-refractivity contribution is 5.96. The number of hydrogen-bond acceptors (Lipinski definition) is 3. The van der Waals surface area contributed by atoms with E-state index in [-0.39, 0.29) is 24.1 Å². The number of carbonyl (C=O) groups excluding carboxylic acids is 1. The van der Waals surface area contributed by atoms with E-state index in [1.807, 2.05) is 61.5 Å². The quantitative estimate of drug-likeness (QED) is 0.733.